The van der Waals surface area contributed by atoms with Gasteiger partial charge in [-0.05, 0) is 12.8 Å². The molecule has 0 aromatic rings. The van der Waals surface area contributed by atoms with E-state index in [-0.39, 0.29) is 31.9 Å². The Balaban J connectivity index is 2.40. The van der Waals surface area contributed by atoms with E-state index >= 15 is 0 Å². The molecule has 0 unspecified atom stereocenters. The number of carboxylic acids is 1. The lowest BCUT2D eigenvalue weighted by Crippen LogP contribution is -2.48. The third kappa shape index (κ3) is 5.18. The summed E-state index contributed by atoms with van der Waals surface area (Å²) in [6.07, 6.45) is 2.76. The highest BCUT2D eigenvalue weighted by Crippen LogP contribution is 2.15. The van der Waals surface area contributed by atoms with E-state index in [1.165, 1.54) is 4.90 Å². The van der Waals surface area contributed by atoms with Crippen LogP contribution in [0.2, 0.25) is 0 Å². The zero-order valence-electron chi connectivity index (χ0n) is 11.5. The van der Waals surface area contributed by atoms with Crippen LogP contribution in [0.3, 0.4) is 0 Å². The lowest BCUT2D eigenvalue weighted by molar-refractivity contribution is -0.145. The van der Waals surface area contributed by atoms with Crippen molar-refractivity contribution < 1.29 is 24.5 Å². The topological polar surface area (TPSA) is 90.3 Å². The summed E-state index contributed by atoms with van der Waals surface area (Å²) in [6, 6.07) is -0.129. The number of carbonyl (C=O) groups excluding carboxylic acids is 1. The molecule has 20 heavy (non-hydrogen) atoms. The number of aliphatic carboxylic acids is 1. The van der Waals surface area contributed by atoms with E-state index in [0.717, 1.165) is 0 Å². The second-order valence-corrected chi connectivity index (χ2v) is 4.63. The summed E-state index contributed by atoms with van der Waals surface area (Å²) in [4.78, 5) is 25.9. The van der Waals surface area contributed by atoms with Gasteiger partial charge in [-0.3, -0.25) is 0 Å². The number of urea groups is 1. The fourth-order valence-electron chi connectivity index (χ4n) is 2.14. The SMILES string of the molecule is C=CCN(CCO)C(=O)N1CCC(OCC(=O)O)CC1. The van der Waals surface area contributed by atoms with E-state index in [1.807, 2.05) is 0 Å². The molecular formula is C13H22N2O5. The molecule has 0 aromatic carbocycles. The number of hydrogen-bond acceptors (Lipinski definition) is 4. The molecule has 1 fully saturated rings. The second kappa shape index (κ2) is 8.55. The van der Waals surface area contributed by atoms with Gasteiger partial charge in [-0.1, -0.05) is 6.08 Å². The molecule has 1 saturated heterocycles. The van der Waals surface area contributed by atoms with Crippen LogP contribution in [0, 0.1) is 0 Å². The van der Waals surface area contributed by atoms with E-state index < -0.39 is 5.97 Å². The predicted octanol–water partition coefficient (Wildman–Crippen LogP) is 0.152. The lowest BCUT2D eigenvalue weighted by atomic mass is 10.1. The fourth-order valence-corrected chi connectivity index (χ4v) is 2.14. The number of rotatable bonds is 7. The molecule has 0 saturated carbocycles. The molecule has 1 aliphatic heterocycles. The molecule has 0 radical (unpaired) electrons. The molecular weight excluding hydrogens is 264 g/mol. The molecule has 1 heterocycles. The molecule has 1 rings (SSSR count). The van der Waals surface area contributed by atoms with Crippen molar-refractivity contribution >= 4 is 12.0 Å². The van der Waals surface area contributed by atoms with Crippen LogP contribution in [0.25, 0.3) is 0 Å². The Morgan fingerprint density at radius 1 is 1.40 bits per heavy atom. The van der Waals surface area contributed by atoms with Crippen LogP contribution in [-0.4, -0.2) is 77.5 Å². The molecule has 114 valence electrons. The lowest BCUT2D eigenvalue weighted by Gasteiger charge is -2.35. The predicted molar refractivity (Wildman–Crippen MR) is 72.4 cm³/mol. The Bertz CT molecular complexity index is 340. The van der Waals surface area contributed by atoms with Gasteiger partial charge in [0, 0.05) is 26.2 Å². The summed E-state index contributed by atoms with van der Waals surface area (Å²) >= 11 is 0. The van der Waals surface area contributed by atoms with Crippen LogP contribution in [0.5, 0.6) is 0 Å². The van der Waals surface area contributed by atoms with Gasteiger partial charge in [0.05, 0.1) is 12.7 Å². The molecule has 1 aliphatic rings. The monoisotopic (exact) mass is 286 g/mol. The van der Waals surface area contributed by atoms with E-state index in [2.05, 4.69) is 6.58 Å². The molecule has 7 nitrogen and oxygen atoms in total. The summed E-state index contributed by atoms with van der Waals surface area (Å²) in [7, 11) is 0. The average Bonchev–Trinajstić information content (AvgIpc) is 2.44. The Hall–Kier alpha value is -1.60. The first-order valence-corrected chi connectivity index (χ1v) is 6.67. The molecule has 7 heteroatoms. The normalized spacial score (nSPS) is 15.9. The zero-order chi connectivity index (χ0) is 15.0. The van der Waals surface area contributed by atoms with Crippen LogP contribution in [0.4, 0.5) is 4.79 Å². The van der Waals surface area contributed by atoms with E-state index in [4.69, 9.17) is 14.9 Å². The van der Waals surface area contributed by atoms with Crippen molar-refractivity contribution in [2.45, 2.75) is 18.9 Å². The van der Waals surface area contributed by atoms with Crippen LogP contribution < -0.4 is 0 Å². The van der Waals surface area contributed by atoms with Gasteiger partial charge in [0.2, 0.25) is 0 Å². The maximum Gasteiger partial charge on any atom is 0.329 e. The number of amides is 2. The minimum atomic E-state index is -0.983. The minimum absolute atomic E-state index is 0.0855. The Morgan fingerprint density at radius 2 is 2.05 bits per heavy atom. The number of carbonyl (C=O) groups is 2. The number of likely N-dealkylation sites (tertiary alicyclic amines) is 1. The first-order valence-electron chi connectivity index (χ1n) is 6.67. The van der Waals surface area contributed by atoms with Crippen molar-refractivity contribution in [2.75, 3.05) is 39.4 Å². The number of carboxylic acid groups (broad SMARTS) is 1. The molecule has 0 atom stereocenters. The van der Waals surface area contributed by atoms with Crippen molar-refractivity contribution in [2.24, 2.45) is 0 Å². The Labute approximate surface area is 118 Å². The molecule has 2 amide bonds. The molecule has 2 N–H and O–H groups in total. The number of piperidine rings is 1. The number of aliphatic hydroxyl groups excluding tert-OH is 1. The zero-order valence-corrected chi connectivity index (χ0v) is 11.5. The summed E-state index contributed by atoms with van der Waals surface area (Å²) < 4.78 is 5.22. The maximum atomic E-state index is 12.2. The molecule has 0 aliphatic carbocycles. The summed E-state index contributed by atoms with van der Waals surface area (Å²) in [5.41, 5.74) is 0. The first-order chi connectivity index (χ1) is 9.58. The fraction of sp³-hybridized carbons (Fsp3) is 0.692. The van der Waals surface area contributed by atoms with Gasteiger partial charge in [0.1, 0.15) is 6.61 Å². The first kappa shape index (κ1) is 16.5. The van der Waals surface area contributed by atoms with Crippen LogP contribution in [-0.2, 0) is 9.53 Å². The van der Waals surface area contributed by atoms with Gasteiger partial charge < -0.3 is 24.7 Å². The van der Waals surface area contributed by atoms with E-state index in [0.29, 0.717) is 32.5 Å². The smallest absolute Gasteiger partial charge is 0.329 e. The van der Waals surface area contributed by atoms with E-state index in [1.54, 1.807) is 11.0 Å². The number of aliphatic hydroxyl groups is 1. The average molecular weight is 286 g/mol. The Morgan fingerprint density at radius 3 is 2.55 bits per heavy atom. The highest BCUT2D eigenvalue weighted by Gasteiger charge is 2.26. The van der Waals surface area contributed by atoms with Crippen LogP contribution >= 0.6 is 0 Å². The molecule has 0 spiro atoms. The maximum absolute atomic E-state index is 12.2. The van der Waals surface area contributed by atoms with Gasteiger partial charge in [0.15, 0.2) is 0 Å². The highest BCUT2D eigenvalue weighted by molar-refractivity contribution is 5.74. The van der Waals surface area contributed by atoms with Crippen LogP contribution in [0.15, 0.2) is 12.7 Å². The van der Waals surface area contributed by atoms with Gasteiger partial charge in [0.25, 0.3) is 0 Å². The van der Waals surface area contributed by atoms with Gasteiger partial charge in [-0.15, -0.1) is 6.58 Å². The third-order valence-corrected chi connectivity index (χ3v) is 3.14. The largest absolute Gasteiger partial charge is 0.480 e. The van der Waals surface area contributed by atoms with Crippen molar-refractivity contribution in [1.29, 1.82) is 0 Å². The Kier molecular flexibility index (Phi) is 7.03. The number of nitrogens with zero attached hydrogens (tertiary/aromatic N) is 2. The molecule has 0 aromatic heterocycles. The van der Waals surface area contributed by atoms with Crippen molar-refractivity contribution in [1.82, 2.24) is 9.80 Å². The highest BCUT2D eigenvalue weighted by atomic mass is 16.5. The quantitative estimate of drug-likeness (QED) is 0.650. The number of ether oxygens (including phenoxy) is 1. The minimum Gasteiger partial charge on any atom is -0.480 e. The summed E-state index contributed by atoms with van der Waals surface area (Å²) in [5, 5.41) is 17.5. The van der Waals surface area contributed by atoms with E-state index in [9.17, 15) is 9.59 Å². The number of hydrogen-bond donors (Lipinski definition) is 2. The molecule has 0 bridgehead atoms. The standard InChI is InChI=1S/C13H22N2O5/c1-2-5-14(8-9-16)13(19)15-6-3-11(4-7-15)20-10-12(17)18/h2,11,16H,1,3-10H2,(H,17,18). The van der Waals surface area contributed by atoms with Crippen LogP contribution in [0.1, 0.15) is 12.8 Å². The summed E-state index contributed by atoms with van der Waals surface area (Å²) in [6.45, 7) is 4.94. The van der Waals surface area contributed by atoms with Crippen molar-refractivity contribution in [3.63, 3.8) is 0 Å². The van der Waals surface area contributed by atoms with Crippen molar-refractivity contribution in [3.05, 3.63) is 12.7 Å². The van der Waals surface area contributed by atoms with Gasteiger partial charge in [-0.2, -0.15) is 0 Å². The second-order valence-electron chi connectivity index (χ2n) is 4.63. The third-order valence-electron chi connectivity index (χ3n) is 3.14. The van der Waals surface area contributed by atoms with Gasteiger partial charge in [-0.25, -0.2) is 9.59 Å². The summed E-state index contributed by atoms with van der Waals surface area (Å²) in [5.74, 6) is -0.983. The van der Waals surface area contributed by atoms with Gasteiger partial charge >= 0.3 is 12.0 Å². The van der Waals surface area contributed by atoms with Crippen molar-refractivity contribution in [3.8, 4) is 0 Å².